The Morgan fingerprint density at radius 2 is 1.00 bits per heavy atom. The van der Waals surface area contributed by atoms with Gasteiger partial charge in [-0.05, 0) is 33.1 Å². The van der Waals surface area contributed by atoms with E-state index in [1.165, 1.54) is 0 Å². The molecule has 1 aromatic heterocycles. The molecular formula is C28H19BO3. The van der Waals surface area contributed by atoms with E-state index in [4.69, 9.17) is 4.42 Å². The van der Waals surface area contributed by atoms with Crippen LogP contribution in [0.2, 0.25) is 0 Å². The van der Waals surface area contributed by atoms with E-state index in [1.807, 2.05) is 84.9 Å². The first kappa shape index (κ1) is 18.9. The lowest BCUT2D eigenvalue weighted by atomic mass is 9.72. The summed E-state index contributed by atoms with van der Waals surface area (Å²) in [5.41, 5.74) is 4.38. The molecule has 0 aliphatic heterocycles. The minimum Gasteiger partial charge on any atom is -0.455 e. The second kappa shape index (κ2) is 7.38. The molecule has 0 saturated heterocycles. The summed E-state index contributed by atoms with van der Waals surface area (Å²) in [5.74, 6) is 0.805. The summed E-state index contributed by atoms with van der Waals surface area (Å²) in [4.78, 5) is 0. The summed E-state index contributed by atoms with van der Waals surface area (Å²) in [6, 6.07) is 34.0. The van der Waals surface area contributed by atoms with E-state index in [0.29, 0.717) is 5.46 Å². The quantitative estimate of drug-likeness (QED) is 0.286. The predicted octanol–water partition coefficient (Wildman–Crippen LogP) is 5.75. The monoisotopic (exact) mass is 414 g/mol. The van der Waals surface area contributed by atoms with Crippen molar-refractivity contribution in [2.75, 3.05) is 0 Å². The largest absolute Gasteiger partial charge is 0.489 e. The second-order valence-electron chi connectivity index (χ2n) is 7.92. The Balaban J connectivity index is 1.86. The van der Waals surface area contributed by atoms with Crippen molar-refractivity contribution in [3.63, 3.8) is 0 Å². The Bertz CT molecular complexity index is 1540. The Hall–Kier alpha value is -3.86. The van der Waals surface area contributed by atoms with E-state index < -0.39 is 7.12 Å². The van der Waals surface area contributed by atoms with Crippen LogP contribution < -0.4 is 5.46 Å². The van der Waals surface area contributed by atoms with Crippen LogP contribution in [0.15, 0.2) is 108 Å². The maximum Gasteiger partial charge on any atom is 0.489 e. The van der Waals surface area contributed by atoms with Gasteiger partial charge in [0.1, 0.15) is 11.3 Å². The number of hydrogen-bond acceptors (Lipinski definition) is 3. The van der Waals surface area contributed by atoms with Crippen molar-refractivity contribution >= 4 is 45.1 Å². The summed E-state index contributed by atoms with van der Waals surface area (Å²) >= 11 is 0. The molecule has 0 radical (unpaired) electrons. The Labute approximate surface area is 185 Å². The average Bonchev–Trinajstić information content (AvgIpc) is 3.22. The molecule has 0 amide bonds. The van der Waals surface area contributed by atoms with Gasteiger partial charge in [0.2, 0.25) is 0 Å². The van der Waals surface area contributed by atoms with Crippen molar-refractivity contribution in [3.05, 3.63) is 103 Å². The van der Waals surface area contributed by atoms with Crippen molar-refractivity contribution in [1.29, 1.82) is 0 Å². The van der Waals surface area contributed by atoms with Gasteiger partial charge in [-0.1, -0.05) is 97.1 Å². The summed E-state index contributed by atoms with van der Waals surface area (Å²) in [6.45, 7) is 0. The molecule has 0 fully saturated rings. The summed E-state index contributed by atoms with van der Waals surface area (Å²) in [7, 11) is -1.58. The highest BCUT2D eigenvalue weighted by Crippen LogP contribution is 2.45. The van der Waals surface area contributed by atoms with Crippen LogP contribution in [0.3, 0.4) is 0 Å². The molecular weight excluding hydrogens is 395 g/mol. The fourth-order valence-corrected chi connectivity index (χ4v) is 4.80. The van der Waals surface area contributed by atoms with E-state index in [-0.39, 0.29) is 0 Å². The number of fused-ring (bicyclic) bond motifs is 3. The van der Waals surface area contributed by atoms with Gasteiger partial charge < -0.3 is 14.5 Å². The Morgan fingerprint density at radius 3 is 1.59 bits per heavy atom. The molecule has 0 aliphatic rings. The molecule has 0 aliphatic carbocycles. The Kier molecular flexibility index (Phi) is 4.35. The standard InChI is InChI=1S/C28H19BO3/c30-29(31)27-21-14-6-4-12-19(21)25(20-13-5-7-15-22(20)27)26-23-16-8-9-17-24(23)32-28(26)18-10-2-1-3-11-18/h1-17,30-31H. The van der Waals surface area contributed by atoms with Crippen LogP contribution in [0, 0.1) is 0 Å². The number of rotatable bonds is 3. The third-order valence-corrected chi connectivity index (χ3v) is 6.11. The maximum absolute atomic E-state index is 10.3. The third-order valence-electron chi connectivity index (χ3n) is 6.11. The van der Waals surface area contributed by atoms with Gasteiger partial charge in [-0.15, -0.1) is 0 Å². The molecule has 5 aromatic carbocycles. The molecule has 152 valence electrons. The maximum atomic E-state index is 10.3. The summed E-state index contributed by atoms with van der Waals surface area (Å²) in [6.07, 6.45) is 0. The molecule has 1 heterocycles. The fraction of sp³-hybridized carbons (Fsp3) is 0. The molecule has 3 nitrogen and oxygen atoms in total. The zero-order valence-corrected chi connectivity index (χ0v) is 17.2. The first-order chi connectivity index (χ1) is 15.7. The van der Waals surface area contributed by atoms with E-state index in [2.05, 4.69) is 18.2 Å². The minimum atomic E-state index is -1.58. The second-order valence-corrected chi connectivity index (χ2v) is 7.92. The first-order valence-electron chi connectivity index (χ1n) is 10.6. The van der Waals surface area contributed by atoms with Crippen molar-refractivity contribution in [1.82, 2.24) is 0 Å². The van der Waals surface area contributed by atoms with Gasteiger partial charge in [-0.25, -0.2) is 0 Å². The van der Waals surface area contributed by atoms with Gasteiger partial charge in [0.25, 0.3) is 0 Å². The van der Waals surface area contributed by atoms with Crippen LogP contribution in [0.5, 0.6) is 0 Å². The van der Waals surface area contributed by atoms with Crippen LogP contribution in [0.1, 0.15) is 0 Å². The highest BCUT2D eigenvalue weighted by molar-refractivity contribution is 6.66. The van der Waals surface area contributed by atoms with Crippen molar-refractivity contribution in [2.45, 2.75) is 0 Å². The minimum absolute atomic E-state index is 0.522. The topological polar surface area (TPSA) is 53.6 Å². The molecule has 0 saturated carbocycles. The van der Waals surface area contributed by atoms with E-state index in [0.717, 1.165) is 55.0 Å². The lowest BCUT2D eigenvalue weighted by molar-refractivity contribution is 0.426. The summed E-state index contributed by atoms with van der Waals surface area (Å²) in [5, 5.41) is 25.1. The average molecular weight is 414 g/mol. The van der Waals surface area contributed by atoms with Crippen LogP contribution >= 0.6 is 0 Å². The SMILES string of the molecule is OB(O)c1c2ccccc2c(-c2c(-c3ccccc3)oc3ccccc23)c2ccccc12. The number of furan rings is 1. The highest BCUT2D eigenvalue weighted by atomic mass is 16.4. The highest BCUT2D eigenvalue weighted by Gasteiger charge is 2.26. The first-order valence-corrected chi connectivity index (χ1v) is 10.6. The van der Waals surface area contributed by atoms with Crippen LogP contribution in [-0.4, -0.2) is 17.2 Å². The van der Waals surface area contributed by atoms with Crippen LogP contribution in [0.4, 0.5) is 0 Å². The van der Waals surface area contributed by atoms with Gasteiger partial charge >= 0.3 is 7.12 Å². The molecule has 0 atom stereocenters. The van der Waals surface area contributed by atoms with E-state index in [9.17, 15) is 10.0 Å². The fourth-order valence-electron chi connectivity index (χ4n) is 4.80. The molecule has 2 N–H and O–H groups in total. The number of hydrogen-bond donors (Lipinski definition) is 2. The van der Waals surface area contributed by atoms with Crippen LogP contribution in [-0.2, 0) is 0 Å². The summed E-state index contributed by atoms with van der Waals surface area (Å²) < 4.78 is 6.42. The van der Waals surface area contributed by atoms with E-state index in [1.54, 1.807) is 0 Å². The zero-order chi connectivity index (χ0) is 21.7. The van der Waals surface area contributed by atoms with Gasteiger partial charge in [0.15, 0.2) is 0 Å². The predicted molar refractivity (Wildman–Crippen MR) is 132 cm³/mol. The molecule has 0 spiro atoms. The van der Waals surface area contributed by atoms with Crippen LogP contribution in [0.25, 0.3) is 55.0 Å². The van der Waals surface area contributed by atoms with Crippen molar-refractivity contribution < 1.29 is 14.5 Å². The number of benzene rings is 5. The Morgan fingerprint density at radius 1 is 0.500 bits per heavy atom. The van der Waals surface area contributed by atoms with Gasteiger partial charge in [-0.3, -0.25) is 0 Å². The van der Waals surface area contributed by atoms with Crippen molar-refractivity contribution in [3.8, 4) is 22.5 Å². The molecule has 6 aromatic rings. The molecule has 32 heavy (non-hydrogen) atoms. The van der Waals surface area contributed by atoms with Crippen molar-refractivity contribution in [2.24, 2.45) is 0 Å². The van der Waals surface area contributed by atoms with Gasteiger partial charge in [0.05, 0.1) is 0 Å². The normalized spacial score (nSPS) is 11.4. The molecule has 4 heteroatoms. The van der Waals surface area contributed by atoms with Gasteiger partial charge in [-0.2, -0.15) is 0 Å². The third kappa shape index (κ3) is 2.78. The lowest BCUT2D eigenvalue weighted by Gasteiger charge is -2.17. The zero-order valence-electron chi connectivity index (χ0n) is 17.2. The number of para-hydroxylation sites is 1. The smallest absolute Gasteiger partial charge is 0.455 e. The molecule has 0 unspecified atom stereocenters. The molecule has 0 bridgehead atoms. The van der Waals surface area contributed by atoms with Gasteiger partial charge in [0, 0.05) is 22.1 Å². The lowest BCUT2D eigenvalue weighted by Crippen LogP contribution is -2.31. The molecule has 6 rings (SSSR count). The van der Waals surface area contributed by atoms with E-state index >= 15 is 0 Å².